The van der Waals surface area contributed by atoms with Crippen LogP contribution in [0.1, 0.15) is 12.1 Å². The molecule has 1 unspecified atom stereocenters. The predicted molar refractivity (Wildman–Crippen MR) is 65.7 cm³/mol. The first kappa shape index (κ1) is 11.0. The van der Waals surface area contributed by atoms with Crippen LogP contribution in [0.5, 0.6) is 0 Å². The molecule has 2 heterocycles. The number of halogens is 1. The highest BCUT2D eigenvalue weighted by Gasteiger charge is 2.21. The minimum atomic E-state index is 0.427. The van der Waals surface area contributed by atoms with Gasteiger partial charge in [0.2, 0.25) is 0 Å². The Morgan fingerprint density at radius 2 is 2.40 bits per heavy atom. The van der Waals surface area contributed by atoms with Crippen LogP contribution < -0.4 is 4.90 Å². The molecule has 0 aliphatic carbocycles. The minimum absolute atomic E-state index is 0.427. The summed E-state index contributed by atoms with van der Waals surface area (Å²) in [6, 6.07) is 0.603. The lowest BCUT2D eigenvalue weighted by molar-refractivity contribution is 0.689. The molecule has 1 atom stereocenters. The van der Waals surface area contributed by atoms with Crippen molar-refractivity contribution in [1.82, 2.24) is 9.97 Å². The van der Waals surface area contributed by atoms with E-state index in [-0.39, 0.29) is 0 Å². The van der Waals surface area contributed by atoms with Gasteiger partial charge in [0.15, 0.2) is 0 Å². The fourth-order valence-corrected chi connectivity index (χ4v) is 3.02. The van der Waals surface area contributed by atoms with Crippen molar-refractivity contribution < 1.29 is 0 Å². The van der Waals surface area contributed by atoms with E-state index in [1.165, 1.54) is 17.9 Å². The van der Waals surface area contributed by atoms with Crippen LogP contribution in [0.3, 0.4) is 0 Å². The minimum Gasteiger partial charge on any atom is -0.355 e. The molecule has 0 bridgehead atoms. The molecule has 1 aliphatic rings. The third-order valence-corrected chi connectivity index (χ3v) is 4.06. The van der Waals surface area contributed by atoms with Crippen molar-refractivity contribution in [3.63, 3.8) is 0 Å². The van der Waals surface area contributed by atoms with Gasteiger partial charge in [-0.3, -0.25) is 4.98 Å². The van der Waals surface area contributed by atoms with Gasteiger partial charge in [0, 0.05) is 18.8 Å². The van der Waals surface area contributed by atoms with Crippen LogP contribution in [0, 0.1) is 0 Å². The van der Waals surface area contributed by atoms with Crippen LogP contribution in [0.2, 0.25) is 0 Å². The van der Waals surface area contributed by atoms with E-state index in [4.69, 9.17) is 11.6 Å². The number of nitrogens with zero attached hydrogens (tertiary/aromatic N) is 3. The Kier molecular flexibility index (Phi) is 3.70. The van der Waals surface area contributed by atoms with Gasteiger partial charge in [0.25, 0.3) is 0 Å². The zero-order valence-corrected chi connectivity index (χ0v) is 10.3. The van der Waals surface area contributed by atoms with Crippen molar-refractivity contribution >= 4 is 29.2 Å². The largest absolute Gasteiger partial charge is 0.355 e. The number of thioether (sulfide) groups is 1. The molecule has 0 saturated carbocycles. The molecule has 0 spiro atoms. The highest BCUT2D eigenvalue weighted by Crippen LogP contribution is 2.24. The topological polar surface area (TPSA) is 29.0 Å². The smallest absolute Gasteiger partial charge is 0.147 e. The number of anilines is 1. The van der Waals surface area contributed by atoms with E-state index in [0.717, 1.165) is 11.5 Å². The van der Waals surface area contributed by atoms with Crippen LogP contribution in [0.25, 0.3) is 0 Å². The second-order valence-electron chi connectivity index (χ2n) is 3.63. The number of aromatic nitrogens is 2. The highest BCUT2D eigenvalue weighted by atomic mass is 35.5. The molecular weight excluding hydrogens is 230 g/mol. The molecule has 3 nitrogen and oxygen atoms in total. The molecule has 0 amide bonds. The summed E-state index contributed by atoms with van der Waals surface area (Å²) in [5.74, 6) is 3.81. The maximum atomic E-state index is 5.67. The molecule has 0 aromatic carbocycles. The Morgan fingerprint density at radius 1 is 1.53 bits per heavy atom. The number of hydrogen-bond acceptors (Lipinski definition) is 4. The molecule has 0 N–H and O–H groups in total. The standard InChI is InChI=1S/C10H14ClN3S/c1-14(9-2-3-15-7-9)10-6-12-8(4-11)5-13-10/h5-6,9H,2-4,7H2,1H3. The lowest BCUT2D eigenvalue weighted by atomic mass is 10.2. The van der Waals surface area contributed by atoms with Crippen molar-refractivity contribution in [2.24, 2.45) is 0 Å². The van der Waals surface area contributed by atoms with Gasteiger partial charge in [-0.25, -0.2) is 4.98 Å². The zero-order valence-electron chi connectivity index (χ0n) is 8.69. The third kappa shape index (κ3) is 2.55. The Morgan fingerprint density at radius 3 is 2.93 bits per heavy atom. The van der Waals surface area contributed by atoms with E-state index in [1.54, 1.807) is 12.4 Å². The zero-order chi connectivity index (χ0) is 10.7. The molecule has 15 heavy (non-hydrogen) atoms. The summed E-state index contributed by atoms with van der Waals surface area (Å²) in [4.78, 5) is 10.8. The predicted octanol–water partition coefficient (Wildman–Crippen LogP) is 2.16. The summed E-state index contributed by atoms with van der Waals surface area (Å²) in [5.41, 5.74) is 0.828. The van der Waals surface area contributed by atoms with Gasteiger partial charge in [0.1, 0.15) is 5.82 Å². The number of alkyl halides is 1. The fourth-order valence-electron chi connectivity index (χ4n) is 1.61. The van der Waals surface area contributed by atoms with Gasteiger partial charge >= 0.3 is 0 Å². The van der Waals surface area contributed by atoms with Crippen molar-refractivity contribution in [2.45, 2.75) is 18.3 Å². The fraction of sp³-hybridized carbons (Fsp3) is 0.600. The van der Waals surface area contributed by atoms with E-state index in [1.807, 2.05) is 11.8 Å². The van der Waals surface area contributed by atoms with Gasteiger partial charge in [-0.2, -0.15) is 11.8 Å². The normalized spacial score (nSPS) is 20.5. The summed E-state index contributed by atoms with van der Waals surface area (Å²) in [7, 11) is 2.08. The molecule has 82 valence electrons. The number of hydrogen-bond donors (Lipinski definition) is 0. The van der Waals surface area contributed by atoms with Crippen molar-refractivity contribution in [3.8, 4) is 0 Å². The molecule has 1 aliphatic heterocycles. The first-order chi connectivity index (χ1) is 7.31. The van der Waals surface area contributed by atoms with Gasteiger partial charge < -0.3 is 4.90 Å². The van der Waals surface area contributed by atoms with Gasteiger partial charge in [-0.05, 0) is 12.2 Å². The molecule has 5 heteroatoms. The quantitative estimate of drug-likeness (QED) is 0.761. The van der Waals surface area contributed by atoms with Crippen LogP contribution >= 0.6 is 23.4 Å². The van der Waals surface area contributed by atoms with Crippen molar-refractivity contribution in [3.05, 3.63) is 18.1 Å². The highest BCUT2D eigenvalue weighted by molar-refractivity contribution is 7.99. The molecule has 1 aromatic heterocycles. The summed E-state index contributed by atoms with van der Waals surface area (Å²) < 4.78 is 0. The van der Waals surface area contributed by atoms with E-state index in [0.29, 0.717) is 11.9 Å². The van der Waals surface area contributed by atoms with Gasteiger partial charge in [-0.15, -0.1) is 11.6 Å². The van der Waals surface area contributed by atoms with Crippen LogP contribution in [-0.2, 0) is 5.88 Å². The summed E-state index contributed by atoms with van der Waals surface area (Å²) in [6.45, 7) is 0. The molecular formula is C10H14ClN3S. The molecule has 1 saturated heterocycles. The summed E-state index contributed by atoms with van der Waals surface area (Å²) >= 11 is 7.67. The lowest BCUT2D eigenvalue weighted by Gasteiger charge is -2.24. The average Bonchev–Trinajstić information content (AvgIpc) is 2.82. The van der Waals surface area contributed by atoms with E-state index in [9.17, 15) is 0 Å². The molecule has 1 fully saturated rings. The molecule has 1 aromatic rings. The van der Waals surface area contributed by atoms with Gasteiger partial charge in [-0.1, -0.05) is 0 Å². The summed E-state index contributed by atoms with van der Waals surface area (Å²) in [6.07, 6.45) is 4.79. The maximum absolute atomic E-state index is 5.67. The average molecular weight is 244 g/mol. The van der Waals surface area contributed by atoms with E-state index in [2.05, 4.69) is 21.9 Å². The lowest BCUT2D eigenvalue weighted by Crippen LogP contribution is -2.32. The van der Waals surface area contributed by atoms with Crippen LogP contribution in [0.15, 0.2) is 12.4 Å². The van der Waals surface area contributed by atoms with Crippen LogP contribution in [0.4, 0.5) is 5.82 Å². The second kappa shape index (κ2) is 5.03. The molecule has 0 radical (unpaired) electrons. The Labute approximate surface area is 99.2 Å². The first-order valence-corrected chi connectivity index (χ1v) is 6.67. The van der Waals surface area contributed by atoms with Crippen LogP contribution in [-0.4, -0.2) is 34.6 Å². The first-order valence-electron chi connectivity index (χ1n) is 4.98. The third-order valence-electron chi connectivity index (χ3n) is 2.64. The Balaban J connectivity index is 2.07. The maximum Gasteiger partial charge on any atom is 0.147 e. The van der Waals surface area contributed by atoms with Crippen molar-refractivity contribution in [2.75, 3.05) is 23.5 Å². The van der Waals surface area contributed by atoms with E-state index >= 15 is 0 Å². The second-order valence-corrected chi connectivity index (χ2v) is 5.04. The SMILES string of the molecule is CN(c1cnc(CCl)cn1)C1CCSC1. The number of rotatable bonds is 3. The monoisotopic (exact) mass is 243 g/mol. The molecule has 2 rings (SSSR count). The van der Waals surface area contributed by atoms with Gasteiger partial charge in [0.05, 0.1) is 24.0 Å². The Bertz CT molecular complexity index is 311. The van der Waals surface area contributed by atoms with Crippen molar-refractivity contribution in [1.29, 1.82) is 0 Å². The summed E-state index contributed by atoms with van der Waals surface area (Å²) in [5, 5.41) is 0. The Hall–Kier alpha value is -0.480. The van der Waals surface area contributed by atoms with E-state index < -0.39 is 0 Å².